The topological polar surface area (TPSA) is 113 Å². The molecule has 0 spiro atoms. The first-order chi connectivity index (χ1) is 18.3. The van der Waals surface area contributed by atoms with Crippen molar-refractivity contribution in [1.82, 2.24) is 4.67 Å². The number of carbonyl (C=O) groups excluding carboxylic acids is 1. The summed E-state index contributed by atoms with van der Waals surface area (Å²) in [5.74, 6) is -1.49. The number of aliphatic carboxylic acids is 1. The number of hydrogen-bond donors (Lipinski definition) is 2. The van der Waals surface area contributed by atoms with E-state index in [1.165, 1.54) is 6.92 Å². The Labute approximate surface area is 233 Å². The average molecular weight is 564 g/mol. The van der Waals surface area contributed by atoms with Gasteiger partial charge in [-0.3, -0.25) is 4.79 Å². The van der Waals surface area contributed by atoms with Crippen LogP contribution in [0.5, 0.6) is 11.5 Å². The van der Waals surface area contributed by atoms with Crippen LogP contribution >= 0.6 is 7.52 Å². The fraction of sp³-hybridized carbons (Fsp3) is 0.600. The Balaban J connectivity index is 2.83. The molecule has 218 valence electrons. The minimum Gasteiger partial charge on any atom is -0.507 e. The van der Waals surface area contributed by atoms with Gasteiger partial charge in [0, 0.05) is 17.5 Å². The van der Waals surface area contributed by atoms with Gasteiger partial charge in [0.15, 0.2) is 0 Å². The Kier molecular flexibility index (Phi) is 11.9. The van der Waals surface area contributed by atoms with E-state index in [2.05, 4.69) is 19.6 Å². The standard InChI is InChI=1S/C30H46NO7P/c1-9-11-12-13-23-17-26(32)28(25-16-21(7)14-15-24(25)19(3)4)27(18-23)38-39(36,30(35)37-10-2)31(20(5)6)22(8)29(33)34/h16-18,20,22,24-25,32H,3,9-15H2,1-2,4-8H3,(H,33,34)/t22-,24-,25+,39?/m0/s1. The van der Waals surface area contributed by atoms with Crippen molar-refractivity contribution in [2.24, 2.45) is 5.92 Å². The SMILES string of the molecule is C=C(C)[C@@H]1CCC(C)=C[C@H]1c1c(O)cc(CCCCC)cc1OP(=O)(C(=O)OCC)N(C(C)C)[C@@H](C)C(=O)O. The molecule has 0 radical (unpaired) electrons. The molecule has 1 aliphatic carbocycles. The van der Waals surface area contributed by atoms with Crippen LogP contribution in [0.25, 0.3) is 0 Å². The molecule has 39 heavy (non-hydrogen) atoms. The molecule has 2 rings (SSSR count). The van der Waals surface area contributed by atoms with Crippen molar-refractivity contribution in [2.75, 3.05) is 6.61 Å². The van der Waals surface area contributed by atoms with Crippen LogP contribution in [-0.4, -0.2) is 45.3 Å². The van der Waals surface area contributed by atoms with Crippen molar-refractivity contribution in [3.8, 4) is 11.5 Å². The monoisotopic (exact) mass is 563 g/mol. The first-order valence-electron chi connectivity index (χ1n) is 13.9. The van der Waals surface area contributed by atoms with Gasteiger partial charge < -0.3 is 19.5 Å². The molecular formula is C30H46NO7P. The Morgan fingerprint density at radius 2 is 1.87 bits per heavy atom. The van der Waals surface area contributed by atoms with Crippen LogP contribution in [0, 0.1) is 5.92 Å². The Morgan fingerprint density at radius 3 is 2.41 bits per heavy atom. The van der Waals surface area contributed by atoms with Crippen LogP contribution in [0.3, 0.4) is 0 Å². The Hall–Kier alpha value is -2.57. The van der Waals surface area contributed by atoms with Gasteiger partial charge in [-0.05, 0) is 90.8 Å². The molecule has 1 unspecified atom stereocenters. The summed E-state index contributed by atoms with van der Waals surface area (Å²) in [6, 6.07) is 1.51. The number of aromatic hydroxyl groups is 1. The van der Waals surface area contributed by atoms with Gasteiger partial charge in [0.05, 0.1) is 6.61 Å². The van der Waals surface area contributed by atoms with E-state index in [0.717, 1.165) is 53.5 Å². The predicted octanol–water partition coefficient (Wildman–Crippen LogP) is 8.05. The lowest BCUT2D eigenvalue weighted by molar-refractivity contribution is -0.141. The molecule has 0 fully saturated rings. The van der Waals surface area contributed by atoms with Gasteiger partial charge in [0.1, 0.15) is 17.5 Å². The highest BCUT2D eigenvalue weighted by atomic mass is 31.2. The number of phenols is 1. The fourth-order valence-electron chi connectivity index (χ4n) is 5.32. The molecule has 0 heterocycles. The summed E-state index contributed by atoms with van der Waals surface area (Å²) in [5.41, 5.74) is 2.16. The summed E-state index contributed by atoms with van der Waals surface area (Å²) in [4.78, 5) is 25.3. The van der Waals surface area contributed by atoms with E-state index in [0.29, 0.717) is 12.0 Å². The van der Waals surface area contributed by atoms with Crippen molar-refractivity contribution >= 4 is 19.2 Å². The second kappa shape index (κ2) is 14.2. The molecule has 9 heteroatoms. The molecule has 1 aromatic carbocycles. The fourth-order valence-corrected chi connectivity index (χ4v) is 7.55. The molecule has 0 saturated heterocycles. The van der Waals surface area contributed by atoms with Crippen molar-refractivity contribution in [3.63, 3.8) is 0 Å². The number of ether oxygens (including phenoxy) is 1. The van der Waals surface area contributed by atoms with E-state index in [1.54, 1.807) is 32.9 Å². The van der Waals surface area contributed by atoms with Gasteiger partial charge in [0.25, 0.3) is 0 Å². The first kappa shape index (κ1) is 32.6. The first-order valence-corrected chi connectivity index (χ1v) is 15.5. The maximum absolute atomic E-state index is 14.6. The van der Waals surface area contributed by atoms with Crippen molar-refractivity contribution < 1.29 is 33.6 Å². The lowest BCUT2D eigenvalue weighted by Gasteiger charge is -2.36. The van der Waals surface area contributed by atoms with Crippen molar-refractivity contribution in [1.29, 1.82) is 0 Å². The highest BCUT2D eigenvalue weighted by molar-refractivity contribution is 7.73. The minimum absolute atomic E-state index is 0.00554. The summed E-state index contributed by atoms with van der Waals surface area (Å²) in [6.45, 7) is 16.4. The highest BCUT2D eigenvalue weighted by Gasteiger charge is 2.50. The maximum Gasteiger partial charge on any atom is 0.427 e. The summed E-state index contributed by atoms with van der Waals surface area (Å²) < 4.78 is 27.1. The van der Waals surface area contributed by atoms with Gasteiger partial charge in [-0.2, -0.15) is 4.67 Å². The third-order valence-corrected chi connectivity index (χ3v) is 9.72. The number of benzene rings is 1. The number of phenolic OH excluding ortho intramolecular Hbond substituents is 1. The molecule has 0 bridgehead atoms. The molecular weight excluding hydrogens is 517 g/mol. The third-order valence-electron chi connectivity index (χ3n) is 7.27. The molecule has 1 aliphatic rings. The molecule has 0 aromatic heterocycles. The number of nitrogens with zero attached hydrogens (tertiary/aromatic N) is 1. The van der Waals surface area contributed by atoms with Gasteiger partial charge >= 0.3 is 19.2 Å². The summed E-state index contributed by atoms with van der Waals surface area (Å²) in [6.07, 6.45) is 7.34. The summed E-state index contributed by atoms with van der Waals surface area (Å²) in [7, 11) is -4.60. The third kappa shape index (κ3) is 7.76. The lowest BCUT2D eigenvalue weighted by atomic mass is 9.73. The van der Waals surface area contributed by atoms with E-state index in [1.807, 2.05) is 13.8 Å². The van der Waals surface area contributed by atoms with Gasteiger partial charge in [-0.1, -0.05) is 43.6 Å². The molecule has 8 nitrogen and oxygen atoms in total. The van der Waals surface area contributed by atoms with Crippen LogP contribution in [-0.2, 0) is 20.5 Å². The van der Waals surface area contributed by atoms with Crippen LogP contribution in [0.1, 0.15) is 97.6 Å². The molecule has 1 aromatic rings. The Morgan fingerprint density at radius 1 is 1.21 bits per heavy atom. The Bertz CT molecular complexity index is 1130. The second-order valence-corrected chi connectivity index (χ2v) is 12.9. The van der Waals surface area contributed by atoms with E-state index in [9.17, 15) is 24.4 Å². The number of allylic oxidation sites excluding steroid dienone is 3. The minimum atomic E-state index is -4.60. The van der Waals surface area contributed by atoms with Crippen LogP contribution < -0.4 is 4.52 Å². The summed E-state index contributed by atoms with van der Waals surface area (Å²) >= 11 is 0. The number of unbranched alkanes of at least 4 members (excludes halogenated alkanes) is 2. The number of aryl methyl sites for hydroxylation is 1. The van der Waals surface area contributed by atoms with Gasteiger partial charge in [-0.15, -0.1) is 0 Å². The van der Waals surface area contributed by atoms with E-state index in [-0.39, 0.29) is 29.9 Å². The van der Waals surface area contributed by atoms with Crippen LogP contribution in [0.4, 0.5) is 4.79 Å². The number of carboxylic acids is 1. The number of carboxylic acid groups (broad SMARTS) is 1. The second-order valence-electron chi connectivity index (χ2n) is 10.8. The van der Waals surface area contributed by atoms with E-state index >= 15 is 0 Å². The van der Waals surface area contributed by atoms with Crippen LogP contribution in [0.15, 0.2) is 35.9 Å². The van der Waals surface area contributed by atoms with E-state index in [4.69, 9.17) is 9.26 Å². The summed E-state index contributed by atoms with van der Waals surface area (Å²) in [5, 5.41) is 21.2. The zero-order valence-corrected chi connectivity index (χ0v) is 25.4. The quantitative estimate of drug-likeness (QED) is 0.133. The van der Waals surface area contributed by atoms with Gasteiger partial charge in [0.2, 0.25) is 0 Å². The molecule has 0 aliphatic heterocycles. The number of hydrogen-bond acceptors (Lipinski definition) is 6. The highest BCUT2D eigenvalue weighted by Crippen LogP contribution is 2.58. The van der Waals surface area contributed by atoms with Crippen molar-refractivity contribution in [3.05, 3.63) is 47.1 Å². The smallest absolute Gasteiger partial charge is 0.427 e. The largest absolute Gasteiger partial charge is 0.507 e. The zero-order chi connectivity index (χ0) is 29.5. The van der Waals surface area contributed by atoms with Crippen LogP contribution in [0.2, 0.25) is 0 Å². The molecule has 4 atom stereocenters. The lowest BCUT2D eigenvalue weighted by Crippen LogP contribution is -2.43. The number of rotatable bonds is 14. The molecule has 0 amide bonds. The van der Waals surface area contributed by atoms with E-state index < -0.39 is 31.3 Å². The van der Waals surface area contributed by atoms with Gasteiger partial charge in [-0.25, -0.2) is 9.36 Å². The number of carbonyl (C=O) groups is 2. The average Bonchev–Trinajstić information content (AvgIpc) is 2.83. The molecule has 2 N–H and O–H groups in total. The normalized spacial score (nSPS) is 19.8. The maximum atomic E-state index is 14.6. The zero-order valence-electron chi connectivity index (χ0n) is 24.5. The predicted molar refractivity (Wildman–Crippen MR) is 155 cm³/mol. The van der Waals surface area contributed by atoms with Crippen molar-refractivity contribution in [2.45, 2.75) is 105 Å². The molecule has 0 saturated carbocycles.